The normalized spacial score (nSPS) is 10.1. The summed E-state index contributed by atoms with van der Waals surface area (Å²) in [5.41, 5.74) is 1.07. The molecule has 82 valence electrons. The van der Waals surface area contributed by atoms with Crippen molar-refractivity contribution < 1.29 is 9.66 Å². The second kappa shape index (κ2) is 4.01. The molecule has 6 nitrogen and oxygen atoms in total. The summed E-state index contributed by atoms with van der Waals surface area (Å²) in [7, 11) is 1.51. The van der Waals surface area contributed by atoms with Gasteiger partial charge in [-0.1, -0.05) is 0 Å². The molecular formula is C10H9N3O3. The molecule has 0 aliphatic rings. The van der Waals surface area contributed by atoms with Crippen LogP contribution in [0.2, 0.25) is 0 Å². The molecule has 0 saturated carbocycles. The Morgan fingerprint density at radius 2 is 2.31 bits per heavy atom. The fourth-order valence-corrected chi connectivity index (χ4v) is 1.42. The lowest BCUT2D eigenvalue weighted by Crippen LogP contribution is -1.93. The second-order valence-corrected chi connectivity index (χ2v) is 3.11. The van der Waals surface area contributed by atoms with E-state index in [4.69, 9.17) is 4.74 Å². The summed E-state index contributed by atoms with van der Waals surface area (Å²) in [6, 6.07) is 4.57. The predicted molar refractivity (Wildman–Crippen MR) is 57.2 cm³/mol. The van der Waals surface area contributed by atoms with E-state index in [0.717, 1.165) is 0 Å². The lowest BCUT2D eigenvalue weighted by Gasteiger charge is -2.03. The summed E-state index contributed by atoms with van der Waals surface area (Å²) in [6.07, 6.45) is 3.00. The first kappa shape index (κ1) is 10.2. The first-order valence-electron chi connectivity index (χ1n) is 4.53. The van der Waals surface area contributed by atoms with Crippen molar-refractivity contribution in [2.24, 2.45) is 0 Å². The van der Waals surface area contributed by atoms with Gasteiger partial charge in [0.1, 0.15) is 5.75 Å². The number of methoxy groups -OCH3 is 1. The molecule has 1 N–H and O–H groups in total. The van der Waals surface area contributed by atoms with Crippen LogP contribution in [0.4, 0.5) is 5.69 Å². The van der Waals surface area contributed by atoms with Gasteiger partial charge in [-0.25, -0.2) is 4.98 Å². The Labute approximate surface area is 91.0 Å². The Bertz CT molecular complexity index is 508. The van der Waals surface area contributed by atoms with Crippen molar-refractivity contribution in [3.05, 3.63) is 40.8 Å². The zero-order valence-corrected chi connectivity index (χ0v) is 8.51. The molecule has 0 atom stereocenters. The van der Waals surface area contributed by atoms with Crippen molar-refractivity contribution in [2.45, 2.75) is 0 Å². The molecule has 0 aliphatic heterocycles. The van der Waals surface area contributed by atoms with E-state index in [1.54, 1.807) is 12.1 Å². The SMILES string of the molecule is COc1ccc([N+](=O)[O-])c(-c2cnc[nH]2)c1. The highest BCUT2D eigenvalue weighted by Gasteiger charge is 2.16. The molecule has 0 unspecified atom stereocenters. The van der Waals surface area contributed by atoms with E-state index < -0.39 is 4.92 Å². The van der Waals surface area contributed by atoms with Gasteiger partial charge in [-0.3, -0.25) is 10.1 Å². The molecular weight excluding hydrogens is 210 g/mol. The highest BCUT2D eigenvalue weighted by molar-refractivity contribution is 5.71. The van der Waals surface area contributed by atoms with Crippen LogP contribution in [0.5, 0.6) is 5.75 Å². The molecule has 0 aliphatic carbocycles. The molecule has 0 spiro atoms. The number of imidazole rings is 1. The number of ether oxygens (including phenoxy) is 1. The molecule has 1 aromatic heterocycles. The van der Waals surface area contributed by atoms with Gasteiger partial charge in [0.05, 0.1) is 35.8 Å². The maximum absolute atomic E-state index is 10.8. The standard InChI is InChI=1S/C10H9N3O3/c1-16-7-2-3-10(13(14)15)8(4-7)9-5-11-6-12-9/h2-6H,1H3,(H,11,12). The molecule has 2 aromatic rings. The van der Waals surface area contributed by atoms with E-state index in [9.17, 15) is 10.1 Å². The smallest absolute Gasteiger partial charge is 0.279 e. The maximum atomic E-state index is 10.8. The van der Waals surface area contributed by atoms with Crippen molar-refractivity contribution in [3.8, 4) is 17.0 Å². The highest BCUT2D eigenvalue weighted by Crippen LogP contribution is 2.31. The van der Waals surface area contributed by atoms with E-state index in [-0.39, 0.29) is 5.69 Å². The van der Waals surface area contributed by atoms with Crippen molar-refractivity contribution in [2.75, 3.05) is 7.11 Å². The van der Waals surface area contributed by atoms with Crippen molar-refractivity contribution in [1.29, 1.82) is 0 Å². The molecule has 0 radical (unpaired) electrons. The number of nitro groups is 1. The van der Waals surface area contributed by atoms with Crippen LogP contribution in [0.15, 0.2) is 30.7 Å². The number of nitrogens with one attached hydrogen (secondary N) is 1. The second-order valence-electron chi connectivity index (χ2n) is 3.11. The third kappa shape index (κ3) is 1.72. The van der Waals surface area contributed by atoms with Gasteiger partial charge in [0.2, 0.25) is 0 Å². The van der Waals surface area contributed by atoms with Gasteiger partial charge in [0, 0.05) is 6.07 Å². The van der Waals surface area contributed by atoms with Crippen LogP contribution in [0.3, 0.4) is 0 Å². The van der Waals surface area contributed by atoms with Crippen molar-refractivity contribution in [3.63, 3.8) is 0 Å². The fourth-order valence-electron chi connectivity index (χ4n) is 1.42. The van der Waals surface area contributed by atoms with Crippen LogP contribution in [-0.2, 0) is 0 Å². The van der Waals surface area contributed by atoms with Crippen molar-refractivity contribution in [1.82, 2.24) is 9.97 Å². The number of hydrogen-bond acceptors (Lipinski definition) is 4. The fraction of sp³-hybridized carbons (Fsp3) is 0.100. The van der Waals surface area contributed by atoms with E-state index in [0.29, 0.717) is 17.0 Å². The van der Waals surface area contributed by atoms with Gasteiger partial charge in [-0.15, -0.1) is 0 Å². The zero-order chi connectivity index (χ0) is 11.5. The van der Waals surface area contributed by atoms with E-state index >= 15 is 0 Å². The number of benzene rings is 1. The Hall–Kier alpha value is -2.37. The number of H-pyrrole nitrogens is 1. The number of aromatic amines is 1. The summed E-state index contributed by atoms with van der Waals surface area (Å²) in [5.74, 6) is 0.565. The number of nitrogens with zero attached hydrogens (tertiary/aromatic N) is 2. The van der Waals surface area contributed by atoms with Gasteiger partial charge in [-0.05, 0) is 12.1 Å². The van der Waals surface area contributed by atoms with Gasteiger partial charge in [-0.2, -0.15) is 0 Å². The largest absolute Gasteiger partial charge is 0.497 e. The van der Waals surface area contributed by atoms with Crippen LogP contribution >= 0.6 is 0 Å². The first-order valence-corrected chi connectivity index (χ1v) is 4.53. The summed E-state index contributed by atoms with van der Waals surface area (Å²) in [6.45, 7) is 0. The van der Waals surface area contributed by atoms with Crippen LogP contribution in [0, 0.1) is 10.1 Å². The Kier molecular flexibility index (Phi) is 2.55. The predicted octanol–water partition coefficient (Wildman–Crippen LogP) is 1.99. The Balaban J connectivity index is 2.59. The van der Waals surface area contributed by atoms with Crippen LogP contribution < -0.4 is 4.74 Å². The van der Waals surface area contributed by atoms with E-state index in [1.807, 2.05) is 0 Å². The highest BCUT2D eigenvalue weighted by atomic mass is 16.6. The molecule has 0 saturated heterocycles. The monoisotopic (exact) mass is 219 g/mol. The lowest BCUT2D eigenvalue weighted by atomic mass is 10.1. The average molecular weight is 219 g/mol. The topological polar surface area (TPSA) is 81.1 Å². The molecule has 0 fully saturated rings. The minimum Gasteiger partial charge on any atom is -0.497 e. The van der Waals surface area contributed by atoms with Gasteiger partial charge in [0.25, 0.3) is 5.69 Å². The van der Waals surface area contributed by atoms with Crippen LogP contribution in [0.1, 0.15) is 0 Å². The summed E-state index contributed by atoms with van der Waals surface area (Å²) in [4.78, 5) is 17.1. The lowest BCUT2D eigenvalue weighted by molar-refractivity contribution is -0.384. The molecule has 6 heteroatoms. The zero-order valence-electron chi connectivity index (χ0n) is 8.51. The third-order valence-electron chi connectivity index (χ3n) is 2.19. The van der Waals surface area contributed by atoms with Crippen molar-refractivity contribution >= 4 is 5.69 Å². The molecule has 16 heavy (non-hydrogen) atoms. The summed E-state index contributed by atoms with van der Waals surface area (Å²) in [5, 5.41) is 10.8. The number of hydrogen-bond donors (Lipinski definition) is 1. The maximum Gasteiger partial charge on any atom is 0.279 e. The number of nitro benzene ring substituents is 1. The third-order valence-corrected chi connectivity index (χ3v) is 2.19. The van der Waals surface area contributed by atoms with Gasteiger partial charge < -0.3 is 9.72 Å². The first-order chi connectivity index (χ1) is 7.72. The quantitative estimate of drug-likeness (QED) is 0.632. The average Bonchev–Trinajstić information content (AvgIpc) is 2.81. The molecule has 0 bridgehead atoms. The number of aromatic nitrogens is 2. The summed E-state index contributed by atoms with van der Waals surface area (Å²) < 4.78 is 5.03. The van der Waals surface area contributed by atoms with Gasteiger partial charge >= 0.3 is 0 Å². The minimum absolute atomic E-state index is 0.0186. The van der Waals surface area contributed by atoms with Gasteiger partial charge in [0.15, 0.2) is 0 Å². The van der Waals surface area contributed by atoms with E-state index in [2.05, 4.69) is 9.97 Å². The van der Waals surface area contributed by atoms with Crippen LogP contribution in [-0.4, -0.2) is 22.0 Å². The molecule has 0 amide bonds. The molecule has 2 rings (SSSR count). The minimum atomic E-state index is -0.435. The van der Waals surface area contributed by atoms with E-state index in [1.165, 1.54) is 25.7 Å². The molecule has 1 aromatic carbocycles. The Morgan fingerprint density at radius 1 is 1.50 bits per heavy atom. The van der Waals surface area contributed by atoms with Crippen LogP contribution in [0.25, 0.3) is 11.3 Å². The number of rotatable bonds is 3. The summed E-state index contributed by atoms with van der Waals surface area (Å²) >= 11 is 0. The Morgan fingerprint density at radius 3 is 2.88 bits per heavy atom. The molecule has 1 heterocycles.